The van der Waals surface area contributed by atoms with Gasteiger partial charge in [0.2, 0.25) is 0 Å². The lowest BCUT2D eigenvalue weighted by Gasteiger charge is -2.13. The molecular weight excluding hydrogens is 152 g/mol. The second kappa shape index (κ2) is 2.72. The van der Waals surface area contributed by atoms with Crippen LogP contribution in [0.15, 0.2) is 11.5 Å². The maximum Gasteiger partial charge on any atom is 0.171 e. The monoisotopic (exact) mass is 162 g/mol. The van der Waals surface area contributed by atoms with Gasteiger partial charge in [0, 0.05) is 12.5 Å². The summed E-state index contributed by atoms with van der Waals surface area (Å²) in [7, 11) is -1.31. The quantitative estimate of drug-likeness (QED) is 0.558. The van der Waals surface area contributed by atoms with E-state index in [0.717, 1.165) is 0 Å². The summed E-state index contributed by atoms with van der Waals surface area (Å²) in [5.41, 5.74) is 0. The van der Waals surface area contributed by atoms with Gasteiger partial charge in [0.25, 0.3) is 0 Å². The van der Waals surface area contributed by atoms with Gasteiger partial charge in [-0.3, -0.25) is 0 Å². The van der Waals surface area contributed by atoms with Gasteiger partial charge in [-0.2, -0.15) is 0 Å². The van der Waals surface area contributed by atoms with E-state index >= 15 is 0 Å². The fraction of sp³-hybridized carbons (Fsp3) is 0.667. The second-order valence-corrected chi connectivity index (χ2v) is 4.26. The summed E-state index contributed by atoms with van der Waals surface area (Å²) in [5.74, 6) is 0.210. The summed E-state index contributed by atoms with van der Waals surface area (Å²) in [6, 6.07) is 0. The molecule has 0 bridgehead atoms. The van der Waals surface area contributed by atoms with Crippen LogP contribution in [0, 0.1) is 0 Å². The normalized spacial score (nSPS) is 30.3. The summed E-state index contributed by atoms with van der Waals surface area (Å²) in [5, 5.41) is 1.23. The maximum absolute atomic E-state index is 10.8. The van der Waals surface area contributed by atoms with E-state index in [1.165, 1.54) is 5.41 Å². The van der Waals surface area contributed by atoms with Gasteiger partial charge in [0.15, 0.2) is 9.84 Å². The van der Waals surface area contributed by atoms with Gasteiger partial charge < -0.3 is 4.74 Å². The molecule has 0 fully saturated rings. The third-order valence-electron chi connectivity index (χ3n) is 1.49. The van der Waals surface area contributed by atoms with Crippen LogP contribution in [0.25, 0.3) is 0 Å². The molecular formula is C6H10O3S. The molecule has 0 aromatic rings. The first-order chi connectivity index (χ1) is 4.64. The molecule has 0 spiro atoms. The third-order valence-corrected chi connectivity index (χ3v) is 2.87. The van der Waals surface area contributed by atoms with Gasteiger partial charge in [-0.25, -0.2) is 8.42 Å². The van der Waals surface area contributed by atoms with Gasteiger partial charge in [0.1, 0.15) is 0 Å². The van der Waals surface area contributed by atoms with Crippen LogP contribution in [0.2, 0.25) is 0 Å². The lowest BCUT2D eigenvalue weighted by atomic mass is 10.3. The standard InChI is InChI=1S/C6H10O3S/c1-9-6-2-4-10(7,8)5-3-6/h2,4,6H,3,5H2,1H3. The van der Waals surface area contributed by atoms with E-state index < -0.39 is 9.84 Å². The zero-order valence-electron chi connectivity index (χ0n) is 5.78. The summed E-state index contributed by atoms with van der Waals surface area (Å²) in [6.07, 6.45) is 2.15. The van der Waals surface area contributed by atoms with E-state index in [0.29, 0.717) is 6.42 Å². The summed E-state index contributed by atoms with van der Waals surface area (Å²) in [4.78, 5) is 0. The van der Waals surface area contributed by atoms with Crippen LogP contribution in [0.3, 0.4) is 0 Å². The molecule has 4 heteroatoms. The van der Waals surface area contributed by atoms with Gasteiger partial charge in [-0.15, -0.1) is 0 Å². The van der Waals surface area contributed by atoms with Crippen LogP contribution in [0.4, 0.5) is 0 Å². The minimum absolute atomic E-state index is 0.0106. The first kappa shape index (κ1) is 7.75. The Morgan fingerprint density at radius 1 is 1.60 bits per heavy atom. The fourth-order valence-corrected chi connectivity index (χ4v) is 1.96. The largest absolute Gasteiger partial charge is 0.377 e. The van der Waals surface area contributed by atoms with Gasteiger partial charge in [-0.05, 0) is 12.5 Å². The molecule has 1 atom stereocenters. The minimum atomic E-state index is -2.89. The van der Waals surface area contributed by atoms with Crippen LogP contribution >= 0.6 is 0 Å². The molecule has 10 heavy (non-hydrogen) atoms. The van der Waals surface area contributed by atoms with Gasteiger partial charge >= 0.3 is 0 Å². The fourth-order valence-electron chi connectivity index (χ4n) is 0.848. The van der Waals surface area contributed by atoms with Crippen molar-refractivity contribution in [2.75, 3.05) is 12.9 Å². The zero-order chi connectivity index (χ0) is 7.61. The van der Waals surface area contributed by atoms with Crippen LogP contribution < -0.4 is 0 Å². The SMILES string of the molecule is COC1C=CS(=O)(=O)CC1. The molecule has 0 aromatic heterocycles. The van der Waals surface area contributed by atoms with E-state index in [1.54, 1.807) is 13.2 Å². The topological polar surface area (TPSA) is 43.4 Å². The molecule has 0 aromatic carbocycles. The molecule has 0 amide bonds. The molecule has 0 saturated heterocycles. The average Bonchev–Trinajstić information content (AvgIpc) is 1.88. The second-order valence-electron chi connectivity index (χ2n) is 2.26. The lowest BCUT2D eigenvalue weighted by Crippen LogP contribution is -2.18. The predicted octanol–water partition coefficient (Wildman–Crippen LogP) is 0.334. The number of methoxy groups -OCH3 is 1. The zero-order valence-corrected chi connectivity index (χ0v) is 6.60. The first-order valence-electron chi connectivity index (χ1n) is 3.08. The molecule has 0 radical (unpaired) electrons. The molecule has 0 N–H and O–H groups in total. The van der Waals surface area contributed by atoms with Gasteiger partial charge in [0.05, 0.1) is 11.9 Å². The van der Waals surface area contributed by atoms with Crippen molar-refractivity contribution in [3.05, 3.63) is 11.5 Å². The minimum Gasteiger partial charge on any atom is -0.377 e. The molecule has 1 unspecified atom stereocenters. The van der Waals surface area contributed by atoms with E-state index in [9.17, 15) is 8.42 Å². The Labute approximate surface area is 60.6 Å². The van der Waals surface area contributed by atoms with Crippen molar-refractivity contribution < 1.29 is 13.2 Å². The predicted molar refractivity (Wildman–Crippen MR) is 38.3 cm³/mol. The van der Waals surface area contributed by atoms with Crippen molar-refractivity contribution in [1.82, 2.24) is 0 Å². The molecule has 0 aliphatic carbocycles. The highest BCUT2D eigenvalue weighted by Crippen LogP contribution is 2.10. The van der Waals surface area contributed by atoms with Crippen molar-refractivity contribution in [2.45, 2.75) is 12.5 Å². The molecule has 1 rings (SSSR count). The van der Waals surface area contributed by atoms with E-state index in [2.05, 4.69) is 0 Å². The van der Waals surface area contributed by atoms with Crippen LogP contribution in [0.5, 0.6) is 0 Å². The van der Waals surface area contributed by atoms with Crippen LogP contribution in [-0.2, 0) is 14.6 Å². The Bertz CT molecular complexity index is 227. The van der Waals surface area contributed by atoms with Gasteiger partial charge in [-0.1, -0.05) is 0 Å². The Kier molecular flexibility index (Phi) is 2.11. The number of hydrogen-bond acceptors (Lipinski definition) is 3. The van der Waals surface area contributed by atoms with Crippen molar-refractivity contribution >= 4 is 9.84 Å². The van der Waals surface area contributed by atoms with E-state index in [-0.39, 0.29) is 11.9 Å². The molecule has 1 aliphatic rings. The summed E-state index contributed by atoms with van der Waals surface area (Å²) < 4.78 is 26.5. The molecule has 1 heterocycles. The molecule has 58 valence electrons. The van der Waals surface area contributed by atoms with Crippen LogP contribution in [0.1, 0.15) is 6.42 Å². The van der Waals surface area contributed by atoms with Crippen LogP contribution in [-0.4, -0.2) is 27.4 Å². The Morgan fingerprint density at radius 3 is 2.70 bits per heavy atom. The molecule has 1 aliphatic heterocycles. The summed E-state index contributed by atoms with van der Waals surface area (Å²) in [6.45, 7) is 0. The summed E-state index contributed by atoms with van der Waals surface area (Å²) >= 11 is 0. The number of ether oxygens (including phenoxy) is 1. The highest BCUT2D eigenvalue weighted by molar-refractivity contribution is 7.94. The Morgan fingerprint density at radius 2 is 2.30 bits per heavy atom. The molecule has 3 nitrogen and oxygen atoms in total. The van der Waals surface area contributed by atoms with E-state index in [4.69, 9.17) is 4.74 Å². The maximum atomic E-state index is 10.8. The van der Waals surface area contributed by atoms with Crippen molar-refractivity contribution in [2.24, 2.45) is 0 Å². The van der Waals surface area contributed by atoms with Crippen molar-refractivity contribution in [3.8, 4) is 0 Å². The Hall–Kier alpha value is -0.350. The number of rotatable bonds is 1. The Balaban J connectivity index is 2.70. The smallest absolute Gasteiger partial charge is 0.171 e. The third kappa shape index (κ3) is 1.82. The highest BCUT2D eigenvalue weighted by Gasteiger charge is 2.16. The van der Waals surface area contributed by atoms with Crippen molar-refractivity contribution in [3.63, 3.8) is 0 Å². The number of hydrogen-bond donors (Lipinski definition) is 0. The van der Waals surface area contributed by atoms with E-state index in [1.807, 2.05) is 0 Å². The lowest BCUT2D eigenvalue weighted by molar-refractivity contribution is 0.137. The van der Waals surface area contributed by atoms with Crippen molar-refractivity contribution in [1.29, 1.82) is 0 Å². The first-order valence-corrected chi connectivity index (χ1v) is 4.79. The molecule has 0 saturated carbocycles. The highest BCUT2D eigenvalue weighted by atomic mass is 32.2. The number of sulfone groups is 1. The average molecular weight is 162 g/mol.